The van der Waals surface area contributed by atoms with E-state index < -0.39 is 0 Å². The van der Waals surface area contributed by atoms with E-state index in [-0.39, 0.29) is 11.9 Å². The molecule has 3 aromatic rings. The topological polar surface area (TPSA) is 81.7 Å². The molecule has 1 amide bonds. The second-order valence-electron chi connectivity index (χ2n) is 7.61. The Bertz CT molecular complexity index is 1010. The largest absolute Gasteiger partial charge is 0.326 e. The van der Waals surface area contributed by atoms with Gasteiger partial charge in [-0.2, -0.15) is 0 Å². The number of carbonyl (C=O) groups excluding carboxylic acids is 1. The smallest absolute Gasteiger partial charge is 0.292 e. The van der Waals surface area contributed by atoms with E-state index in [0.717, 1.165) is 49.7 Å². The molecule has 0 saturated heterocycles. The first-order valence-corrected chi connectivity index (χ1v) is 9.86. The number of fused-ring (bicyclic) bond motifs is 2. The molecule has 8 nitrogen and oxygen atoms in total. The Hall–Kier alpha value is -3.03. The number of hydrogen-bond acceptors (Lipinski definition) is 5. The molecule has 5 rings (SSSR count). The van der Waals surface area contributed by atoms with Crippen LogP contribution in [0.3, 0.4) is 0 Å². The SMILES string of the molecule is Cc1nnc2n1[C@H](Cc1ccccc1)CN(C(=O)c1nnc3n1CCCC3)C2. The number of nitrogens with zero attached hydrogens (tertiary/aromatic N) is 7. The molecule has 0 fully saturated rings. The molecule has 0 aliphatic carbocycles. The highest BCUT2D eigenvalue weighted by Gasteiger charge is 2.33. The van der Waals surface area contributed by atoms with Crippen LogP contribution in [0.2, 0.25) is 0 Å². The van der Waals surface area contributed by atoms with E-state index in [0.29, 0.717) is 18.9 Å². The third kappa shape index (κ3) is 2.89. The summed E-state index contributed by atoms with van der Waals surface area (Å²) in [6.07, 6.45) is 3.89. The number of aromatic nitrogens is 6. The van der Waals surface area contributed by atoms with Crippen LogP contribution >= 0.6 is 0 Å². The van der Waals surface area contributed by atoms with Crippen molar-refractivity contribution in [2.75, 3.05) is 6.54 Å². The Balaban J connectivity index is 1.45. The van der Waals surface area contributed by atoms with Crippen molar-refractivity contribution in [3.05, 3.63) is 59.2 Å². The Morgan fingerprint density at radius 3 is 2.75 bits per heavy atom. The summed E-state index contributed by atoms with van der Waals surface area (Å²) in [5.41, 5.74) is 1.24. The molecule has 2 aromatic heterocycles. The summed E-state index contributed by atoms with van der Waals surface area (Å²) in [6.45, 7) is 3.86. The maximum absolute atomic E-state index is 13.3. The van der Waals surface area contributed by atoms with E-state index in [1.807, 2.05) is 34.6 Å². The van der Waals surface area contributed by atoms with Gasteiger partial charge in [0.05, 0.1) is 12.6 Å². The monoisotopic (exact) mass is 377 g/mol. The van der Waals surface area contributed by atoms with E-state index in [1.165, 1.54) is 5.56 Å². The molecule has 2 aliphatic heterocycles. The highest BCUT2D eigenvalue weighted by Crippen LogP contribution is 2.26. The van der Waals surface area contributed by atoms with Crippen LogP contribution in [0.4, 0.5) is 0 Å². The molecular weight excluding hydrogens is 354 g/mol. The van der Waals surface area contributed by atoms with Crippen molar-refractivity contribution >= 4 is 5.91 Å². The lowest BCUT2D eigenvalue weighted by molar-refractivity contribution is 0.0653. The minimum atomic E-state index is -0.0642. The maximum atomic E-state index is 13.3. The summed E-state index contributed by atoms with van der Waals surface area (Å²) >= 11 is 0. The summed E-state index contributed by atoms with van der Waals surface area (Å²) in [6, 6.07) is 10.5. The fourth-order valence-corrected chi connectivity index (χ4v) is 4.37. The average molecular weight is 377 g/mol. The van der Waals surface area contributed by atoms with Gasteiger partial charge >= 0.3 is 0 Å². The molecule has 28 heavy (non-hydrogen) atoms. The number of aryl methyl sites for hydroxylation is 2. The normalized spacial score (nSPS) is 18.6. The molecule has 0 unspecified atom stereocenters. The van der Waals surface area contributed by atoms with Crippen LogP contribution in [0.25, 0.3) is 0 Å². The van der Waals surface area contributed by atoms with Crippen LogP contribution in [0.5, 0.6) is 0 Å². The van der Waals surface area contributed by atoms with Gasteiger partial charge in [0.2, 0.25) is 5.82 Å². The van der Waals surface area contributed by atoms with Crippen molar-refractivity contribution in [1.82, 2.24) is 34.4 Å². The first kappa shape index (κ1) is 17.1. The molecule has 0 saturated carbocycles. The van der Waals surface area contributed by atoms with Crippen molar-refractivity contribution in [2.45, 2.75) is 51.7 Å². The zero-order valence-corrected chi connectivity index (χ0v) is 16.0. The highest BCUT2D eigenvalue weighted by atomic mass is 16.2. The Morgan fingerprint density at radius 2 is 1.89 bits per heavy atom. The molecule has 8 heteroatoms. The third-order valence-electron chi connectivity index (χ3n) is 5.72. The average Bonchev–Trinajstić information content (AvgIpc) is 3.32. The van der Waals surface area contributed by atoms with Crippen molar-refractivity contribution in [1.29, 1.82) is 0 Å². The molecule has 0 bridgehead atoms. The van der Waals surface area contributed by atoms with Crippen molar-refractivity contribution in [2.24, 2.45) is 0 Å². The zero-order valence-electron chi connectivity index (χ0n) is 16.0. The first-order chi connectivity index (χ1) is 13.7. The van der Waals surface area contributed by atoms with Gasteiger partial charge in [0.1, 0.15) is 11.6 Å². The molecule has 1 aromatic carbocycles. The maximum Gasteiger partial charge on any atom is 0.292 e. The van der Waals surface area contributed by atoms with Crippen molar-refractivity contribution < 1.29 is 4.79 Å². The fourth-order valence-electron chi connectivity index (χ4n) is 4.37. The van der Waals surface area contributed by atoms with E-state index >= 15 is 0 Å². The molecular formula is C20H23N7O. The van der Waals surface area contributed by atoms with Crippen LogP contribution in [-0.4, -0.2) is 46.9 Å². The molecule has 2 aliphatic rings. The molecule has 1 atom stereocenters. The van der Waals surface area contributed by atoms with Crippen LogP contribution in [-0.2, 0) is 25.9 Å². The summed E-state index contributed by atoms with van der Waals surface area (Å²) in [5.74, 6) is 3.04. The predicted molar refractivity (Wildman–Crippen MR) is 102 cm³/mol. The minimum absolute atomic E-state index is 0.0642. The van der Waals surface area contributed by atoms with Gasteiger partial charge in [0, 0.05) is 19.5 Å². The summed E-state index contributed by atoms with van der Waals surface area (Å²) in [7, 11) is 0. The zero-order chi connectivity index (χ0) is 19.1. The van der Waals surface area contributed by atoms with Crippen molar-refractivity contribution in [3.63, 3.8) is 0 Å². The quantitative estimate of drug-likeness (QED) is 0.697. The van der Waals surface area contributed by atoms with Crippen LogP contribution in [0.1, 0.15) is 52.5 Å². The van der Waals surface area contributed by atoms with Gasteiger partial charge in [-0.3, -0.25) is 4.79 Å². The van der Waals surface area contributed by atoms with Gasteiger partial charge in [0.25, 0.3) is 5.91 Å². The number of amides is 1. The van der Waals surface area contributed by atoms with Gasteiger partial charge in [-0.1, -0.05) is 30.3 Å². The second kappa shape index (κ2) is 6.85. The lowest BCUT2D eigenvalue weighted by Crippen LogP contribution is -2.43. The van der Waals surface area contributed by atoms with Gasteiger partial charge in [0.15, 0.2) is 5.82 Å². The summed E-state index contributed by atoms with van der Waals surface area (Å²) in [5, 5.41) is 17.0. The van der Waals surface area contributed by atoms with E-state index in [1.54, 1.807) is 0 Å². The Kier molecular flexibility index (Phi) is 4.18. The second-order valence-corrected chi connectivity index (χ2v) is 7.61. The van der Waals surface area contributed by atoms with Gasteiger partial charge in [-0.25, -0.2) is 0 Å². The lowest BCUT2D eigenvalue weighted by atomic mass is 10.0. The standard InChI is InChI=1S/C20H23N7O/c1-14-21-23-18-13-25(12-16(27(14)18)11-15-7-3-2-4-8-15)20(28)19-24-22-17-9-5-6-10-26(17)19/h2-4,7-8,16H,5-6,9-13H2,1H3/t16-/m1/s1. The highest BCUT2D eigenvalue weighted by molar-refractivity contribution is 5.90. The number of hydrogen-bond donors (Lipinski definition) is 0. The molecule has 0 spiro atoms. The number of carbonyl (C=O) groups is 1. The first-order valence-electron chi connectivity index (χ1n) is 9.86. The Labute approximate surface area is 163 Å². The van der Waals surface area contributed by atoms with Crippen LogP contribution in [0, 0.1) is 6.92 Å². The van der Waals surface area contributed by atoms with E-state index in [9.17, 15) is 4.79 Å². The van der Waals surface area contributed by atoms with Gasteiger partial charge < -0.3 is 14.0 Å². The lowest BCUT2D eigenvalue weighted by Gasteiger charge is -2.34. The molecule has 144 valence electrons. The molecule has 0 radical (unpaired) electrons. The van der Waals surface area contributed by atoms with Gasteiger partial charge in [-0.05, 0) is 31.7 Å². The van der Waals surface area contributed by atoms with Gasteiger partial charge in [-0.15, -0.1) is 20.4 Å². The molecule has 0 N–H and O–H groups in total. The number of rotatable bonds is 3. The van der Waals surface area contributed by atoms with Crippen LogP contribution in [0.15, 0.2) is 30.3 Å². The summed E-state index contributed by atoms with van der Waals surface area (Å²) in [4.78, 5) is 15.1. The summed E-state index contributed by atoms with van der Waals surface area (Å²) < 4.78 is 4.17. The van der Waals surface area contributed by atoms with Crippen molar-refractivity contribution in [3.8, 4) is 0 Å². The minimum Gasteiger partial charge on any atom is -0.326 e. The Morgan fingerprint density at radius 1 is 1.07 bits per heavy atom. The third-order valence-corrected chi connectivity index (χ3v) is 5.72. The fraction of sp³-hybridized carbons (Fsp3) is 0.450. The van der Waals surface area contributed by atoms with Crippen LogP contribution < -0.4 is 0 Å². The van der Waals surface area contributed by atoms with E-state index in [2.05, 4.69) is 37.1 Å². The molecule has 4 heterocycles. The number of benzene rings is 1. The predicted octanol–water partition coefficient (Wildman–Crippen LogP) is 1.95. The van der Waals surface area contributed by atoms with E-state index in [4.69, 9.17) is 0 Å².